The van der Waals surface area contributed by atoms with Crippen LogP contribution in [0.1, 0.15) is 26.3 Å². The van der Waals surface area contributed by atoms with Gasteiger partial charge in [-0.25, -0.2) is 4.98 Å². The topological polar surface area (TPSA) is 61.9 Å². The van der Waals surface area contributed by atoms with Gasteiger partial charge in [0.25, 0.3) is 0 Å². The highest BCUT2D eigenvalue weighted by Crippen LogP contribution is 2.43. The molecule has 0 bridgehead atoms. The molecule has 23 heavy (non-hydrogen) atoms. The summed E-state index contributed by atoms with van der Waals surface area (Å²) in [7, 11) is 0. The number of nitrogens with one attached hydrogen (secondary N) is 1. The second-order valence-electron chi connectivity index (χ2n) is 6.38. The van der Waals surface area contributed by atoms with E-state index in [1.807, 2.05) is 43.9 Å². The van der Waals surface area contributed by atoms with Gasteiger partial charge in [-0.05, 0) is 50.6 Å². The number of H-pyrrole nitrogens is 1. The molecule has 4 rings (SSSR count). The van der Waals surface area contributed by atoms with Gasteiger partial charge in [0, 0.05) is 24.5 Å². The lowest BCUT2D eigenvalue weighted by Gasteiger charge is -2.18. The van der Waals surface area contributed by atoms with Crippen molar-refractivity contribution in [1.82, 2.24) is 15.0 Å². The fraction of sp³-hybridized carbons (Fsp3) is 0.278. The van der Waals surface area contributed by atoms with Crippen molar-refractivity contribution in [2.45, 2.75) is 26.2 Å². The fourth-order valence-corrected chi connectivity index (χ4v) is 3.29. The maximum absolute atomic E-state index is 12.6. The van der Waals surface area contributed by atoms with Crippen molar-refractivity contribution in [2.24, 2.45) is 0 Å². The highest BCUT2D eigenvalue weighted by Gasteiger charge is 2.43. The van der Waals surface area contributed by atoms with E-state index in [-0.39, 0.29) is 5.91 Å². The molecule has 0 fully saturated rings. The lowest BCUT2D eigenvalue weighted by Crippen LogP contribution is -2.35. The molecule has 0 radical (unpaired) electrons. The van der Waals surface area contributed by atoms with Crippen molar-refractivity contribution in [3.63, 3.8) is 0 Å². The number of anilines is 1. The number of carbonyl (C=O) groups is 1. The van der Waals surface area contributed by atoms with Crippen LogP contribution in [-0.2, 0) is 10.2 Å². The van der Waals surface area contributed by atoms with Crippen molar-refractivity contribution in [3.8, 4) is 11.4 Å². The summed E-state index contributed by atoms with van der Waals surface area (Å²) >= 11 is 0. The van der Waals surface area contributed by atoms with E-state index in [9.17, 15) is 4.79 Å². The first-order valence-corrected chi connectivity index (χ1v) is 7.79. The Morgan fingerprint density at radius 1 is 1.22 bits per heavy atom. The third-order valence-electron chi connectivity index (χ3n) is 4.61. The van der Waals surface area contributed by atoms with Crippen LogP contribution in [0.4, 0.5) is 5.69 Å². The Labute approximate surface area is 134 Å². The highest BCUT2D eigenvalue weighted by atomic mass is 16.2. The number of hydrogen-bond acceptors (Lipinski definition) is 3. The highest BCUT2D eigenvalue weighted by molar-refractivity contribution is 6.09. The van der Waals surface area contributed by atoms with Crippen molar-refractivity contribution < 1.29 is 4.79 Å². The molecule has 0 unspecified atom stereocenters. The van der Waals surface area contributed by atoms with Gasteiger partial charge in [0.15, 0.2) is 0 Å². The predicted molar refractivity (Wildman–Crippen MR) is 90.4 cm³/mol. The lowest BCUT2D eigenvalue weighted by molar-refractivity contribution is -0.122. The minimum absolute atomic E-state index is 0.150. The zero-order valence-corrected chi connectivity index (χ0v) is 13.4. The van der Waals surface area contributed by atoms with Gasteiger partial charge in [0.2, 0.25) is 5.91 Å². The van der Waals surface area contributed by atoms with Gasteiger partial charge < -0.3 is 9.88 Å². The summed E-state index contributed by atoms with van der Waals surface area (Å²) in [6, 6.07) is 7.94. The molecule has 0 saturated heterocycles. The van der Waals surface area contributed by atoms with Gasteiger partial charge >= 0.3 is 0 Å². The van der Waals surface area contributed by atoms with E-state index in [1.54, 1.807) is 12.4 Å². The van der Waals surface area contributed by atoms with Crippen LogP contribution in [0.3, 0.4) is 0 Å². The summed E-state index contributed by atoms with van der Waals surface area (Å²) in [5.41, 5.74) is 4.36. The Morgan fingerprint density at radius 2 is 1.96 bits per heavy atom. The summed E-state index contributed by atoms with van der Waals surface area (Å²) in [5, 5.41) is 0. The molecule has 0 spiro atoms. The maximum Gasteiger partial charge on any atom is 0.237 e. The normalized spacial score (nSPS) is 16.1. The van der Waals surface area contributed by atoms with Crippen LogP contribution < -0.4 is 4.90 Å². The predicted octanol–water partition coefficient (Wildman–Crippen LogP) is 3.27. The molecule has 3 aromatic rings. The number of amides is 1. The zero-order valence-electron chi connectivity index (χ0n) is 13.4. The third kappa shape index (κ3) is 1.89. The molecule has 1 amide bonds. The summed E-state index contributed by atoms with van der Waals surface area (Å²) in [6.07, 6.45) is 3.51. The van der Waals surface area contributed by atoms with Gasteiger partial charge in [0.1, 0.15) is 5.82 Å². The molecule has 5 heteroatoms. The Bertz CT molecular complexity index is 911. The second-order valence-corrected chi connectivity index (χ2v) is 6.38. The van der Waals surface area contributed by atoms with Crippen LogP contribution in [-0.4, -0.2) is 27.4 Å². The third-order valence-corrected chi connectivity index (χ3v) is 4.61. The monoisotopic (exact) mass is 306 g/mol. The number of aromatic amines is 1. The number of likely N-dealkylation sites (N-methyl/N-ethyl adjacent to an activating group) is 1. The van der Waals surface area contributed by atoms with E-state index in [0.717, 1.165) is 33.7 Å². The molecule has 1 aliphatic rings. The van der Waals surface area contributed by atoms with Gasteiger partial charge in [-0.3, -0.25) is 9.78 Å². The fourth-order valence-electron chi connectivity index (χ4n) is 3.29. The number of benzene rings is 1. The number of imidazole rings is 1. The number of carbonyl (C=O) groups excluding carboxylic acids is 1. The van der Waals surface area contributed by atoms with Crippen LogP contribution in [0.25, 0.3) is 22.4 Å². The van der Waals surface area contributed by atoms with E-state index in [4.69, 9.17) is 0 Å². The van der Waals surface area contributed by atoms with Crippen molar-refractivity contribution in [1.29, 1.82) is 0 Å². The summed E-state index contributed by atoms with van der Waals surface area (Å²) in [4.78, 5) is 26.5. The Hall–Kier alpha value is -2.69. The van der Waals surface area contributed by atoms with Crippen LogP contribution in [0.2, 0.25) is 0 Å². The molecular weight excluding hydrogens is 288 g/mol. The lowest BCUT2D eigenvalue weighted by atomic mass is 9.86. The van der Waals surface area contributed by atoms with E-state index in [1.165, 1.54) is 0 Å². The molecule has 3 heterocycles. The second kappa shape index (κ2) is 4.65. The molecule has 5 nitrogen and oxygen atoms in total. The number of pyridine rings is 1. The van der Waals surface area contributed by atoms with Gasteiger partial charge in [-0.15, -0.1) is 0 Å². The molecule has 0 aliphatic carbocycles. The van der Waals surface area contributed by atoms with Crippen LogP contribution >= 0.6 is 0 Å². The van der Waals surface area contributed by atoms with Crippen molar-refractivity contribution in [2.75, 3.05) is 11.4 Å². The number of nitrogens with zero attached hydrogens (tertiary/aromatic N) is 3. The van der Waals surface area contributed by atoms with Crippen molar-refractivity contribution in [3.05, 3.63) is 42.2 Å². The molecular formula is C18H18N4O. The first-order chi connectivity index (χ1) is 11.0. The van der Waals surface area contributed by atoms with Gasteiger partial charge in [0.05, 0.1) is 22.1 Å². The molecule has 1 N–H and O–H groups in total. The Morgan fingerprint density at radius 3 is 2.65 bits per heavy atom. The first-order valence-electron chi connectivity index (χ1n) is 7.79. The van der Waals surface area contributed by atoms with E-state index >= 15 is 0 Å². The smallest absolute Gasteiger partial charge is 0.237 e. The first kappa shape index (κ1) is 13.9. The summed E-state index contributed by atoms with van der Waals surface area (Å²) < 4.78 is 0. The molecule has 1 aromatic carbocycles. The quantitative estimate of drug-likeness (QED) is 0.790. The van der Waals surface area contributed by atoms with E-state index in [2.05, 4.69) is 21.0 Å². The number of aromatic nitrogens is 3. The summed E-state index contributed by atoms with van der Waals surface area (Å²) in [6.45, 7) is 6.63. The molecule has 0 atom stereocenters. The minimum atomic E-state index is -0.499. The van der Waals surface area contributed by atoms with Gasteiger partial charge in [-0.2, -0.15) is 0 Å². The average Bonchev–Trinajstić information content (AvgIpc) is 3.05. The van der Waals surface area contributed by atoms with Gasteiger partial charge in [-0.1, -0.05) is 0 Å². The van der Waals surface area contributed by atoms with Crippen LogP contribution in [0.15, 0.2) is 36.7 Å². The number of fused-ring (bicyclic) bond motifs is 2. The summed E-state index contributed by atoms with van der Waals surface area (Å²) in [5.74, 6) is 0.968. The largest absolute Gasteiger partial charge is 0.338 e. The van der Waals surface area contributed by atoms with E-state index in [0.29, 0.717) is 6.54 Å². The van der Waals surface area contributed by atoms with Crippen molar-refractivity contribution >= 4 is 22.6 Å². The minimum Gasteiger partial charge on any atom is -0.338 e. The average molecular weight is 306 g/mol. The van der Waals surface area contributed by atoms with Crippen LogP contribution in [0.5, 0.6) is 0 Å². The molecule has 1 aliphatic heterocycles. The molecule has 2 aromatic heterocycles. The Kier molecular flexibility index (Phi) is 2.82. The Balaban J connectivity index is 1.92. The van der Waals surface area contributed by atoms with Crippen LogP contribution in [0, 0.1) is 0 Å². The number of rotatable bonds is 2. The molecule has 0 saturated carbocycles. The SMILES string of the molecule is CCN1C(=O)C(C)(C)c2cc3[nH]c(-c4ccncc4)nc3cc21. The van der Waals surface area contributed by atoms with E-state index < -0.39 is 5.41 Å². The standard InChI is InChI=1S/C18H18N4O/c1-4-22-15-10-14-13(9-12(15)18(2,3)17(22)23)20-16(21-14)11-5-7-19-8-6-11/h5-10H,4H2,1-3H3,(H,20,21). The number of hydrogen-bond donors (Lipinski definition) is 1. The molecule has 116 valence electrons. The zero-order chi connectivity index (χ0) is 16.2. The maximum atomic E-state index is 12.6.